The molecule has 0 N–H and O–H groups in total. The number of carbonyl (C=O) groups is 2. The van der Waals surface area contributed by atoms with E-state index in [9.17, 15) is 19.8 Å². The van der Waals surface area contributed by atoms with Gasteiger partial charge in [0.05, 0.1) is 11.9 Å². The minimum Gasteiger partial charge on any atom is -0.545 e. The van der Waals surface area contributed by atoms with E-state index in [1.807, 2.05) is 0 Å². The van der Waals surface area contributed by atoms with Crippen LogP contribution in [-0.4, -0.2) is 11.9 Å². The van der Waals surface area contributed by atoms with E-state index >= 15 is 0 Å². The topological polar surface area (TPSA) is 80.3 Å². The summed E-state index contributed by atoms with van der Waals surface area (Å²) >= 11 is 0. The Morgan fingerprint density at radius 2 is 1.73 bits per heavy atom. The molecule has 0 amide bonds. The quantitative estimate of drug-likeness (QED) is 0.568. The molecule has 1 rings (SSSR count). The van der Waals surface area contributed by atoms with Gasteiger partial charge in [-0.1, -0.05) is 30.3 Å². The van der Waals surface area contributed by atoms with Crippen LogP contribution in [0.1, 0.15) is 5.56 Å². The monoisotopic (exact) mass is 204 g/mol. The Hall–Kier alpha value is -2.10. The molecule has 0 radical (unpaired) electrons. The van der Waals surface area contributed by atoms with E-state index in [0.717, 1.165) is 0 Å². The van der Waals surface area contributed by atoms with Crippen molar-refractivity contribution in [3.05, 3.63) is 47.5 Å². The maximum atomic E-state index is 10.6. The predicted octanol–water partition coefficient (Wildman–Crippen LogP) is -1.34. The van der Waals surface area contributed by atoms with E-state index < -0.39 is 11.9 Å². The second-order valence-electron chi connectivity index (χ2n) is 2.94. The van der Waals surface area contributed by atoms with Gasteiger partial charge < -0.3 is 19.8 Å². The molecule has 0 atom stereocenters. The molecule has 0 aliphatic heterocycles. The lowest BCUT2D eigenvalue weighted by molar-refractivity contribution is -0.303. The summed E-state index contributed by atoms with van der Waals surface area (Å²) in [6, 6.07) is 8.66. The van der Waals surface area contributed by atoms with Gasteiger partial charge >= 0.3 is 0 Å². The second-order valence-corrected chi connectivity index (χ2v) is 2.94. The van der Waals surface area contributed by atoms with E-state index in [0.29, 0.717) is 11.6 Å². The van der Waals surface area contributed by atoms with Crippen molar-refractivity contribution in [2.24, 2.45) is 0 Å². The molecule has 1 aromatic carbocycles. The molecule has 0 unspecified atom stereocenters. The smallest absolute Gasteiger partial charge is 0.0678 e. The molecule has 78 valence electrons. The zero-order chi connectivity index (χ0) is 11.3. The van der Waals surface area contributed by atoms with Crippen LogP contribution in [0.2, 0.25) is 0 Å². The fraction of sp³-hybridized carbons (Fsp3) is 0.0909. The first kappa shape index (κ1) is 11.0. The highest BCUT2D eigenvalue weighted by Crippen LogP contribution is 2.06. The van der Waals surface area contributed by atoms with Crippen LogP contribution < -0.4 is 10.2 Å². The summed E-state index contributed by atoms with van der Waals surface area (Å²) in [5.74, 6) is -3.03. The van der Waals surface area contributed by atoms with E-state index in [4.69, 9.17) is 0 Å². The van der Waals surface area contributed by atoms with Gasteiger partial charge in [-0.05, 0) is 23.6 Å². The molecular weight excluding hydrogens is 196 g/mol. The Labute approximate surface area is 86.5 Å². The van der Waals surface area contributed by atoms with E-state index in [-0.39, 0.29) is 12.0 Å². The van der Waals surface area contributed by atoms with Gasteiger partial charge in [-0.25, -0.2) is 0 Å². The van der Waals surface area contributed by atoms with Crippen LogP contribution in [0.4, 0.5) is 0 Å². The third-order valence-corrected chi connectivity index (χ3v) is 1.79. The lowest BCUT2D eigenvalue weighted by atomic mass is 10.1. The summed E-state index contributed by atoms with van der Waals surface area (Å²) in [5.41, 5.74) is 0.399. The average molecular weight is 204 g/mol. The van der Waals surface area contributed by atoms with Crippen molar-refractivity contribution in [3.63, 3.8) is 0 Å². The van der Waals surface area contributed by atoms with Crippen LogP contribution in [-0.2, 0) is 16.0 Å². The minimum atomic E-state index is -1.54. The van der Waals surface area contributed by atoms with Gasteiger partial charge in [-0.2, -0.15) is 0 Å². The molecule has 0 spiro atoms. The van der Waals surface area contributed by atoms with Gasteiger partial charge in [0.2, 0.25) is 0 Å². The van der Waals surface area contributed by atoms with Crippen molar-refractivity contribution in [1.82, 2.24) is 0 Å². The molecule has 0 heterocycles. The van der Waals surface area contributed by atoms with Crippen LogP contribution >= 0.6 is 0 Å². The normalized spacial score (nSPS) is 11.1. The summed E-state index contributed by atoms with van der Waals surface area (Å²) in [6.07, 6.45) is 0.555. The molecule has 4 nitrogen and oxygen atoms in total. The predicted molar refractivity (Wildman–Crippen MR) is 48.2 cm³/mol. The number of benzene rings is 1. The van der Waals surface area contributed by atoms with Crippen molar-refractivity contribution in [1.29, 1.82) is 0 Å². The Balaban J connectivity index is 2.86. The Bertz CT molecular complexity index is 392. The standard InChI is InChI=1S/C11H10O4/c12-10(13)7-9(11(14)15)6-8-4-2-1-3-5-8/h1-5,7H,6H2,(H,12,13)(H,14,15)/p-2. The summed E-state index contributed by atoms with van der Waals surface area (Å²) < 4.78 is 0. The Morgan fingerprint density at radius 3 is 2.20 bits per heavy atom. The van der Waals surface area contributed by atoms with Crippen molar-refractivity contribution >= 4 is 11.9 Å². The number of hydrogen-bond acceptors (Lipinski definition) is 4. The molecule has 15 heavy (non-hydrogen) atoms. The number of carbonyl (C=O) groups excluding carboxylic acids is 2. The number of carboxylic acid groups (broad SMARTS) is 2. The molecular formula is C11H8O4-2. The third-order valence-electron chi connectivity index (χ3n) is 1.79. The van der Waals surface area contributed by atoms with Crippen molar-refractivity contribution in [3.8, 4) is 0 Å². The Morgan fingerprint density at radius 1 is 1.13 bits per heavy atom. The third kappa shape index (κ3) is 3.64. The Kier molecular flexibility index (Phi) is 3.62. The number of rotatable bonds is 4. The van der Waals surface area contributed by atoms with Gasteiger partial charge in [0.15, 0.2) is 0 Å². The first-order valence-electron chi connectivity index (χ1n) is 4.26. The molecule has 0 saturated heterocycles. The van der Waals surface area contributed by atoms with Crippen molar-refractivity contribution in [2.75, 3.05) is 0 Å². The van der Waals surface area contributed by atoms with Crippen LogP contribution in [0.25, 0.3) is 0 Å². The maximum Gasteiger partial charge on any atom is 0.0678 e. The molecule has 0 aliphatic rings. The van der Waals surface area contributed by atoms with E-state index in [2.05, 4.69) is 0 Å². The zero-order valence-electron chi connectivity index (χ0n) is 7.80. The second kappa shape index (κ2) is 4.95. The van der Waals surface area contributed by atoms with Gasteiger partial charge in [0.25, 0.3) is 0 Å². The molecule has 4 heteroatoms. The largest absolute Gasteiger partial charge is 0.545 e. The SMILES string of the molecule is O=C([O-])C=C(Cc1ccccc1)C(=O)[O-]. The first-order valence-corrected chi connectivity index (χ1v) is 4.26. The average Bonchev–Trinajstić information content (AvgIpc) is 2.17. The van der Waals surface area contributed by atoms with Gasteiger partial charge in [-0.3, -0.25) is 0 Å². The number of hydrogen-bond donors (Lipinski definition) is 0. The van der Waals surface area contributed by atoms with E-state index in [1.54, 1.807) is 30.3 Å². The van der Waals surface area contributed by atoms with Gasteiger partial charge in [-0.15, -0.1) is 0 Å². The van der Waals surface area contributed by atoms with Gasteiger partial charge in [0, 0.05) is 0 Å². The lowest BCUT2D eigenvalue weighted by Gasteiger charge is -2.09. The molecule has 0 aliphatic carbocycles. The van der Waals surface area contributed by atoms with Crippen molar-refractivity contribution in [2.45, 2.75) is 6.42 Å². The summed E-state index contributed by atoms with van der Waals surface area (Å²) in [4.78, 5) is 20.8. The maximum absolute atomic E-state index is 10.6. The summed E-state index contributed by atoms with van der Waals surface area (Å²) in [6.45, 7) is 0. The number of aliphatic carboxylic acids is 2. The van der Waals surface area contributed by atoms with Crippen LogP contribution in [0.5, 0.6) is 0 Å². The first-order chi connectivity index (χ1) is 7.09. The van der Waals surface area contributed by atoms with E-state index in [1.165, 1.54) is 0 Å². The molecule has 0 saturated carbocycles. The van der Waals surface area contributed by atoms with Gasteiger partial charge in [0.1, 0.15) is 0 Å². The molecule has 0 fully saturated rings. The minimum absolute atomic E-state index is 0.0111. The number of carboxylic acids is 2. The highest BCUT2D eigenvalue weighted by atomic mass is 16.4. The lowest BCUT2D eigenvalue weighted by Crippen LogP contribution is -2.28. The van der Waals surface area contributed by atoms with Crippen LogP contribution in [0, 0.1) is 0 Å². The highest BCUT2D eigenvalue weighted by Gasteiger charge is 2.00. The fourth-order valence-electron chi connectivity index (χ4n) is 1.14. The van der Waals surface area contributed by atoms with Crippen LogP contribution in [0.3, 0.4) is 0 Å². The fourth-order valence-corrected chi connectivity index (χ4v) is 1.14. The zero-order valence-corrected chi connectivity index (χ0v) is 7.80. The summed E-state index contributed by atoms with van der Waals surface area (Å²) in [7, 11) is 0. The highest BCUT2D eigenvalue weighted by molar-refractivity contribution is 5.93. The van der Waals surface area contributed by atoms with Crippen LogP contribution in [0.15, 0.2) is 42.0 Å². The molecule has 1 aromatic rings. The molecule has 0 bridgehead atoms. The van der Waals surface area contributed by atoms with Crippen molar-refractivity contribution < 1.29 is 19.8 Å². The molecule has 0 aromatic heterocycles. The summed E-state index contributed by atoms with van der Waals surface area (Å²) in [5, 5.41) is 20.8.